The molecule has 0 fully saturated rings. The third-order valence-electron chi connectivity index (χ3n) is 2.21. The molecule has 3 N–H and O–H groups in total. The Labute approximate surface area is 116 Å². The number of rotatable bonds is 8. The molecular weight excluding hydrogens is 268 g/mol. The normalized spacial score (nSPS) is 12.2. The molecule has 0 aliphatic heterocycles. The molecule has 0 rings (SSSR count). The fourth-order valence-electron chi connectivity index (χ4n) is 1.36. The van der Waals surface area contributed by atoms with Gasteiger partial charge in [-0.1, -0.05) is 0 Å². The van der Waals surface area contributed by atoms with Crippen LogP contribution >= 0.6 is 0 Å². The van der Waals surface area contributed by atoms with Crippen LogP contribution in [0.3, 0.4) is 0 Å². The van der Waals surface area contributed by atoms with E-state index in [0.717, 1.165) is 0 Å². The minimum Gasteiger partial charge on any atom is -0.444 e. The van der Waals surface area contributed by atoms with Gasteiger partial charge in [0.15, 0.2) is 0 Å². The first-order chi connectivity index (χ1) is 8.66. The summed E-state index contributed by atoms with van der Waals surface area (Å²) in [6, 6.07) is 0. The van der Waals surface area contributed by atoms with Gasteiger partial charge in [-0.25, -0.2) is 13.2 Å². The zero-order valence-electron chi connectivity index (χ0n) is 12.1. The number of nitrogens with two attached hydrogens (primary N) is 1. The Hall–Kier alpha value is -0.820. The number of alkyl carbamates (subject to hydrolysis) is 1. The summed E-state index contributed by atoms with van der Waals surface area (Å²) in [5, 5.41) is 2.59. The number of hydrogen-bond acceptors (Lipinski definition) is 5. The molecule has 0 bridgehead atoms. The number of carbonyl (C=O) groups is 1. The van der Waals surface area contributed by atoms with Crippen LogP contribution in [0.25, 0.3) is 0 Å². The summed E-state index contributed by atoms with van der Waals surface area (Å²) >= 11 is 0. The van der Waals surface area contributed by atoms with E-state index in [2.05, 4.69) is 5.32 Å². The highest BCUT2D eigenvalue weighted by Gasteiger charge is 2.15. The van der Waals surface area contributed by atoms with Crippen molar-refractivity contribution >= 4 is 15.9 Å². The van der Waals surface area contributed by atoms with Crippen molar-refractivity contribution in [2.75, 3.05) is 24.6 Å². The van der Waals surface area contributed by atoms with Crippen molar-refractivity contribution in [1.29, 1.82) is 0 Å². The van der Waals surface area contributed by atoms with Gasteiger partial charge in [0.05, 0.1) is 11.5 Å². The van der Waals surface area contributed by atoms with Crippen LogP contribution in [-0.2, 0) is 14.6 Å². The molecule has 0 spiro atoms. The topological polar surface area (TPSA) is 98.5 Å². The highest BCUT2D eigenvalue weighted by atomic mass is 32.2. The summed E-state index contributed by atoms with van der Waals surface area (Å²) in [5.41, 5.74) is 4.75. The van der Waals surface area contributed by atoms with E-state index in [1.165, 1.54) is 0 Å². The van der Waals surface area contributed by atoms with Gasteiger partial charge in [0.25, 0.3) is 0 Å². The van der Waals surface area contributed by atoms with E-state index in [1.54, 1.807) is 20.8 Å². The smallest absolute Gasteiger partial charge is 0.407 e. The Balaban J connectivity index is 3.68. The Morgan fingerprint density at radius 3 is 2.26 bits per heavy atom. The Bertz CT molecular complexity index is 360. The van der Waals surface area contributed by atoms with E-state index in [0.29, 0.717) is 32.4 Å². The minimum atomic E-state index is -3.00. The molecule has 0 aromatic rings. The second-order valence-electron chi connectivity index (χ2n) is 5.43. The van der Waals surface area contributed by atoms with E-state index in [-0.39, 0.29) is 11.5 Å². The predicted molar refractivity (Wildman–Crippen MR) is 75.8 cm³/mol. The molecule has 114 valence electrons. The zero-order valence-corrected chi connectivity index (χ0v) is 12.9. The first-order valence-electron chi connectivity index (χ1n) is 6.53. The average molecular weight is 294 g/mol. The predicted octanol–water partition coefficient (Wildman–Crippen LogP) is 1.05. The zero-order chi connectivity index (χ0) is 14.9. The highest BCUT2D eigenvalue weighted by Crippen LogP contribution is 2.06. The summed E-state index contributed by atoms with van der Waals surface area (Å²) < 4.78 is 28.1. The molecule has 1 amide bonds. The summed E-state index contributed by atoms with van der Waals surface area (Å²) in [6.45, 7) is 6.17. The summed E-state index contributed by atoms with van der Waals surface area (Å²) in [6.07, 6.45) is 1.17. The van der Waals surface area contributed by atoms with Crippen molar-refractivity contribution in [3.63, 3.8) is 0 Å². The lowest BCUT2D eigenvalue weighted by Crippen LogP contribution is -2.33. The van der Waals surface area contributed by atoms with Gasteiger partial charge in [0.1, 0.15) is 15.4 Å². The summed E-state index contributed by atoms with van der Waals surface area (Å²) in [4.78, 5) is 11.3. The fraction of sp³-hybridized carbons (Fsp3) is 0.917. The van der Waals surface area contributed by atoms with E-state index >= 15 is 0 Å². The van der Waals surface area contributed by atoms with Crippen LogP contribution in [0.5, 0.6) is 0 Å². The van der Waals surface area contributed by atoms with Crippen LogP contribution < -0.4 is 11.1 Å². The molecule has 0 aliphatic rings. The van der Waals surface area contributed by atoms with Gasteiger partial charge in [-0.15, -0.1) is 0 Å². The van der Waals surface area contributed by atoms with Gasteiger partial charge >= 0.3 is 6.09 Å². The largest absolute Gasteiger partial charge is 0.444 e. The molecule has 0 saturated heterocycles. The third kappa shape index (κ3) is 12.0. The maximum atomic E-state index is 11.5. The molecular formula is C12H26N2O4S. The van der Waals surface area contributed by atoms with E-state index in [9.17, 15) is 13.2 Å². The molecule has 0 heterocycles. The van der Waals surface area contributed by atoms with Gasteiger partial charge in [0, 0.05) is 6.54 Å². The van der Waals surface area contributed by atoms with Crippen molar-refractivity contribution in [3.05, 3.63) is 0 Å². The quantitative estimate of drug-likeness (QED) is 0.652. The Morgan fingerprint density at radius 2 is 1.74 bits per heavy atom. The van der Waals surface area contributed by atoms with Crippen LogP contribution in [0.1, 0.15) is 40.0 Å². The number of nitrogens with one attached hydrogen (secondary N) is 1. The number of carbonyl (C=O) groups excluding carboxylic acids is 1. The van der Waals surface area contributed by atoms with Crippen LogP contribution in [0.15, 0.2) is 0 Å². The Morgan fingerprint density at radius 1 is 1.16 bits per heavy atom. The highest BCUT2D eigenvalue weighted by molar-refractivity contribution is 7.91. The number of hydrogen-bond donors (Lipinski definition) is 2. The second-order valence-corrected chi connectivity index (χ2v) is 7.73. The molecule has 7 heteroatoms. The van der Waals surface area contributed by atoms with Crippen molar-refractivity contribution in [2.45, 2.75) is 45.6 Å². The van der Waals surface area contributed by atoms with Gasteiger partial charge in [-0.2, -0.15) is 0 Å². The molecule has 0 atom stereocenters. The van der Waals surface area contributed by atoms with Crippen LogP contribution in [-0.4, -0.2) is 44.7 Å². The number of ether oxygens (including phenoxy) is 1. The lowest BCUT2D eigenvalue weighted by atomic mass is 10.2. The molecule has 0 aliphatic carbocycles. The van der Waals surface area contributed by atoms with Gasteiger partial charge < -0.3 is 15.8 Å². The standard InChI is InChI=1S/C12H26N2O4S/c1-12(2,3)18-11(15)14-8-4-5-9-19(16,17)10-6-7-13/h4-10,13H2,1-3H3,(H,14,15). The number of amides is 1. The lowest BCUT2D eigenvalue weighted by molar-refractivity contribution is 0.0527. The van der Waals surface area contributed by atoms with Crippen LogP contribution in [0, 0.1) is 0 Å². The van der Waals surface area contributed by atoms with Gasteiger partial charge in [-0.3, -0.25) is 0 Å². The molecule has 0 aromatic heterocycles. The van der Waals surface area contributed by atoms with E-state index < -0.39 is 21.5 Å². The maximum absolute atomic E-state index is 11.5. The number of unbranched alkanes of at least 4 members (excludes halogenated alkanes) is 1. The van der Waals surface area contributed by atoms with Crippen LogP contribution in [0.4, 0.5) is 4.79 Å². The molecule has 0 radical (unpaired) electrons. The average Bonchev–Trinajstić information content (AvgIpc) is 2.23. The minimum absolute atomic E-state index is 0.142. The SMILES string of the molecule is CC(C)(C)OC(=O)NCCCCS(=O)(=O)CCCN. The van der Waals surface area contributed by atoms with E-state index in [4.69, 9.17) is 10.5 Å². The van der Waals surface area contributed by atoms with Gasteiger partial charge in [0.2, 0.25) is 0 Å². The molecule has 6 nitrogen and oxygen atoms in total. The summed E-state index contributed by atoms with van der Waals surface area (Å²) in [7, 11) is -3.00. The van der Waals surface area contributed by atoms with E-state index in [1.807, 2.05) is 0 Å². The maximum Gasteiger partial charge on any atom is 0.407 e. The van der Waals surface area contributed by atoms with Gasteiger partial charge in [-0.05, 0) is 46.6 Å². The third-order valence-corrected chi connectivity index (χ3v) is 4.03. The van der Waals surface area contributed by atoms with Crippen molar-refractivity contribution in [1.82, 2.24) is 5.32 Å². The second kappa shape index (κ2) is 8.37. The first kappa shape index (κ1) is 18.2. The Kier molecular flexibility index (Phi) is 8.01. The molecule has 19 heavy (non-hydrogen) atoms. The van der Waals surface area contributed by atoms with Crippen molar-refractivity contribution in [3.8, 4) is 0 Å². The van der Waals surface area contributed by atoms with Crippen LogP contribution in [0.2, 0.25) is 0 Å². The van der Waals surface area contributed by atoms with Crippen molar-refractivity contribution in [2.24, 2.45) is 5.73 Å². The molecule has 0 saturated carbocycles. The fourth-order valence-corrected chi connectivity index (χ4v) is 2.81. The first-order valence-corrected chi connectivity index (χ1v) is 8.36. The summed E-state index contributed by atoms with van der Waals surface area (Å²) in [5.74, 6) is 0.284. The molecule has 0 unspecified atom stereocenters. The monoisotopic (exact) mass is 294 g/mol. The van der Waals surface area contributed by atoms with Crippen molar-refractivity contribution < 1.29 is 17.9 Å². The molecule has 0 aromatic carbocycles. The number of sulfone groups is 1. The lowest BCUT2D eigenvalue weighted by Gasteiger charge is -2.19.